The van der Waals surface area contributed by atoms with E-state index in [0.717, 1.165) is 5.56 Å². The standard InChI is InChI=1S/C14H15FN2S/c1-18-11-8-6-10(7-9-11)14(17-16)12-4-2-3-5-13(12)15/h2-9,14,17H,16H2,1H3. The van der Waals surface area contributed by atoms with E-state index in [0.29, 0.717) is 5.56 Å². The van der Waals surface area contributed by atoms with Crippen molar-refractivity contribution in [3.8, 4) is 0 Å². The van der Waals surface area contributed by atoms with Gasteiger partial charge in [-0.25, -0.2) is 9.82 Å². The number of hydrogen-bond donors (Lipinski definition) is 2. The molecule has 0 aromatic heterocycles. The zero-order valence-electron chi connectivity index (χ0n) is 10.1. The molecule has 0 amide bonds. The molecular formula is C14H15FN2S. The van der Waals surface area contributed by atoms with E-state index in [9.17, 15) is 4.39 Å². The fraction of sp³-hybridized carbons (Fsp3) is 0.143. The topological polar surface area (TPSA) is 38.0 Å². The average Bonchev–Trinajstić information content (AvgIpc) is 2.42. The van der Waals surface area contributed by atoms with E-state index in [1.54, 1.807) is 30.0 Å². The molecule has 2 nitrogen and oxygen atoms in total. The van der Waals surface area contributed by atoms with Gasteiger partial charge in [-0.1, -0.05) is 30.3 Å². The minimum Gasteiger partial charge on any atom is -0.271 e. The van der Waals surface area contributed by atoms with Crippen LogP contribution in [0.4, 0.5) is 4.39 Å². The summed E-state index contributed by atoms with van der Waals surface area (Å²) in [5.41, 5.74) is 4.16. The number of hydrogen-bond acceptors (Lipinski definition) is 3. The molecule has 0 spiro atoms. The Labute approximate surface area is 110 Å². The molecule has 0 heterocycles. The van der Waals surface area contributed by atoms with E-state index in [1.807, 2.05) is 30.5 Å². The van der Waals surface area contributed by atoms with Crippen LogP contribution in [0.3, 0.4) is 0 Å². The van der Waals surface area contributed by atoms with Crippen LogP contribution in [0.5, 0.6) is 0 Å². The van der Waals surface area contributed by atoms with Crippen LogP contribution in [-0.4, -0.2) is 6.26 Å². The Bertz CT molecular complexity index is 513. The molecule has 2 aromatic carbocycles. The summed E-state index contributed by atoms with van der Waals surface area (Å²) in [7, 11) is 0. The fourth-order valence-corrected chi connectivity index (χ4v) is 2.28. The molecule has 1 unspecified atom stereocenters. The Morgan fingerprint density at radius 1 is 1.11 bits per heavy atom. The van der Waals surface area contributed by atoms with Crippen molar-refractivity contribution in [3.05, 3.63) is 65.5 Å². The third kappa shape index (κ3) is 2.72. The number of halogens is 1. The van der Waals surface area contributed by atoms with Crippen molar-refractivity contribution >= 4 is 11.8 Å². The van der Waals surface area contributed by atoms with Crippen molar-refractivity contribution in [3.63, 3.8) is 0 Å². The first-order valence-corrected chi connectivity index (χ1v) is 6.83. The van der Waals surface area contributed by atoms with Gasteiger partial charge in [-0.15, -0.1) is 11.8 Å². The summed E-state index contributed by atoms with van der Waals surface area (Å²) >= 11 is 1.67. The second-order valence-electron chi connectivity index (χ2n) is 3.89. The smallest absolute Gasteiger partial charge is 0.128 e. The van der Waals surface area contributed by atoms with Crippen molar-refractivity contribution in [2.24, 2.45) is 5.84 Å². The maximum absolute atomic E-state index is 13.8. The van der Waals surface area contributed by atoms with Gasteiger partial charge in [0.1, 0.15) is 5.82 Å². The molecule has 0 saturated carbocycles. The van der Waals surface area contributed by atoms with Crippen molar-refractivity contribution < 1.29 is 4.39 Å². The van der Waals surface area contributed by atoms with Crippen LogP contribution >= 0.6 is 11.8 Å². The average molecular weight is 262 g/mol. The van der Waals surface area contributed by atoms with Gasteiger partial charge < -0.3 is 0 Å². The first-order valence-electron chi connectivity index (χ1n) is 5.60. The summed E-state index contributed by atoms with van der Waals surface area (Å²) < 4.78 is 13.8. The Morgan fingerprint density at radius 3 is 2.33 bits per heavy atom. The van der Waals surface area contributed by atoms with Crippen LogP contribution in [0, 0.1) is 5.82 Å². The highest BCUT2D eigenvalue weighted by molar-refractivity contribution is 7.98. The van der Waals surface area contributed by atoms with Crippen LogP contribution < -0.4 is 11.3 Å². The molecule has 0 saturated heterocycles. The van der Waals surface area contributed by atoms with E-state index >= 15 is 0 Å². The van der Waals surface area contributed by atoms with E-state index in [2.05, 4.69) is 5.43 Å². The summed E-state index contributed by atoms with van der Waals surface area (Å²) in [6, 6.07) is 14.3. The van der Waals surface area contributed by atoms with Crippen molar-refractivity contribution in [1.82, 2.24) is 5.43 Å². The summed E-state index contributed by atoms with van der Waals surface area (Å²) in [5.74, 6) is 5.30. The first-order chi connectivity index (χ1) is 8.76. The van der Waals surface area contributed by atoms with E-state index in [1.165, 1.54) is 11.0 Å². The number of nitrogens with one attached hydrogen (secondary N) is 1. The van der Waals surface area contributed by atoms with E-state index < -0.39 is 0 Å². The Balaban J connectivity index is 2.36. The molecule has 2 aromatic rings. The Morgan fingerprint density at radius 2 is 1.78 bits per heavy atom. The molecule has 0 aliphatic heterocycles. The molecule has 3 N–H and O–H groups in total. The summed E-state index contributed by atoms with van der Waals surface area (Å²) in [4.78, 5) is 1.17. The van der Waals surface area contributed by atoms with Crippen molar-refractivity contribution in [2.75, 3.05) is 6.26 Å². The lowest BCUT2D eigenvalue weighted by molar-refractivity contribution is 0.560. The molecule has 0 radical (unpaired) electrons. The zero-order valence-corrected chi connectivity index (χ0v) is 10.9. The third-order valence-corrected chi connectivity index (χ3v) is 3.58. The van der Waals surface area contributed by atoms with Crippen LogP contribution in [0.2, 0.25) is 0 Å². The highest BCUT2D eigenvalue weighted by atomic mass is 32.2. The van der Waals surface area contributed by atoms with Crippen LogP contribution in [0.1, 0.15) is 17.2 Å². The summed E-state index contributed by atoms with van der Waals surface area (Å²) in [6.07, 6.45) is 2.02. The zero-order chi connectivity index (χ0) is 13.0. The summed E-state index contributed by atoms with van der Waals surface area (Å²) in [5, 5.41) is 0. The van der Waals surface area contributed by atoms with Gasteiger partial charge in [-0.2, -0.15) is 0 Å². The molecule has 0 bridgehead atoms. The number of hydrazine groups is 1. The molecule has 0 aliphatic carbocycles. The highest BCUT2D eigenvalue weighted by Crippen LogP contribution is 2.25. The largest absolute Gasteiger partial charge is 0.271 e. The fourth-order valence-electron chi connectivity index (χ4n) is 1.87. The maximum Gasteiger partial charge on any atom is 0.128 e. The number of benzene rings is 2. The Kier molecular flexibility index (Phi) is 4.36. The maximum atomic E-state index is 13.8. The lowest BCUT2D eigenvalue weighted by Crippen LogP contribution is -2.29. The lowest BCUT2D eigenvalue weighted by Gasteiger charge is -2.17. The quantitative estimate of drug-likeness (QED) is 0.505. The van der Waals surface area contributed by atoms with Gasteiger partial charge in [0.15, 0.2) is 0 Å². The van der Waals surface area contributed by atoms with E-state index in [4.69, 9.17) is 5.84 Å². The minimum absolute atomic E-state index is 0.255. The number of nitrogens with two attached hydrogens (primary N) is 1. The van der Waals surface area contributed by atoms with E-state index in [-0.39, 0.29) is 11.9 Å². The van der Waals surface area contributed by atoms with Crippen LogP contribution in [-0.2, 0) is 0 Å². The predicted molar refractivity (Wildman–Crippen MR) is 73.8 cm³/mol. The molecule has 0 fully saturated rings. The normalized spacial score (nSPS) is 12.4. The first kappa shape index (κ1) is 13.1. The molecule has 1 atom stereocenters. The second kappa shape index (κ2) is 6.00. The van der Waals surface area contributed by atoms with Gasteiger partial charge in [0.25, 0.3) is 0 Å². The third-order valence-electron chi connectivity index (χ3n) is 2.83. The molecule has 0 aliphatic rings. The number of thioether (sulfide) groups is 1. The molecule has 94 valence electrons. The minimum atomic E-state index is -0.331. The molecule has 18 heavy (non-hydrogen) atoms. The van der Waals surface area contributed by atoms with Gasteiger partial charge in [-0.3, -0.25) is 5.84 Å². The van der Waals surface area contributed by atoms with Crippen molar-refractivity contribution in [1.29, 1.82) is 0 Å². The second-order valence-corrected chi connectivity index (χ2v) is 4.77. The number of rotatable bonds is 4. The van der Waals surface area contributed by atoms with Gasteiger partial charge in [-0.05, 0) is 30.0 Å². The van der Waals surface area contributed by atoms with Gasteiger partial charge in [0.2, 0.25) is 0 Å². The van der Waals surface area contributed by atoms with Crippen molar-refractivity contribution in [2.45, 2.75) is 10.9 Å². The Hall–Kier alpha value is -1.36. The van der Waals surface area contributed by atoms with Gasteiger partial charge in [0.05, 0.1) is 6.04 Å². The molecule has 4 heteroatoms. The highest BCUT2D eigenvalue weighted by Gasteiger charge is 2.15. The van der Waals surface area contributed by atoms with Gasteiger partial charge >= 0.3 is 0 Å². The van der Waals surface area contributed by atoms with Gasteiger partial charge in [0, 0.05) is 10.5 Å². The lowest BCUT2D eigenvalue weighted by atomic mass is 9.99. The monoisotopic (exact) mass is 262 g/mol. The molecule has 2 rings (SSSR count). The molecular weight excluding hydrogens is 247 g/mol. The van der Waals surface area contributed by atoms with Crippen LogP contribution in [0.15, 0.2) is 53.4 Å². The summed E-state index contributed by atoms with van der Waals surface area (Å²) in [6.45, 7) is 0. The SMILES string of the molecule is CSc1ccc(C(NN)c2ccccc2F)cc1. The predicted octanol–water partition coefficient (Wildman–Crippen LogP) is 3.10. The van der Waals surface area contributed by atoms with Crippen LogP contribution in [0.25, 0.3) is 0 Å².